The molecule has 0 radical (unpaired) electrons. The highest BCUT2D eigenvalue weighted by molar-refractivity contribution is 6.33. The Bertz CT molecular complexity index is 779. The van der Waals surface area contributed by atoms with Gasteiger partial charge in [-0.25, -0.2) is 0 Å². The van der Waals surface area contributed by atoms with Gasteiger partial charge in [-0.1, -0.05) is 11.6 Å². The lowest BCUT2D eigenvalue weighted by Gasteiger charge is -2.35. The van der Waals surface area contributed by atoms with Crippen molar-refractivity contribution in [2.24, 2.45) is 5.92 Å². The number of methoxy groups -OCH3 is 1. The number of aromatic nitrogens is 1. The molecule has 26 heavy (non-hydrogen) atoms. The van der Waals surface area contributed by atoms with Crippen molar-refractivity contribution >= 4 is 17.5 Å². The molecule has 1 saturated heterocycles. The number of amides is 1. The van der Waals surface area contributed by atoms with Crippen molar-refractivity contribution in [3.05, 3.63) is 47.2 Å². The van der Waals surface area contributed by atoms with Crippen LogP contribution < -0.4 is 4.74 Å². The number of halogens is 1. The van der Waals surface area contributed by atoms with E-state index in [2.05, 4.69) is 4.90 Å². The molecule has 5 nitrogen and oxygen atoms in total. The third kappa shape index (κ3) is 3.60. The zero-order chi connectivity index (χ0) is 18.1. The maximum Gasteiger partial charge on any atom is 0.257 e. The van der Waals surface area contributed by atoms with Gasteiger partial charge in [-0.2, -0.15) is 0 Å². The highest BCUT2D eigenvalue weighted by Crippen LogP contribution is 2.32. The van der Waals surface area contributed by atoms with Crippen LogP contribution in [0.3, 0.4) is 0 Å². The summed E-state index contributed by atoms with van der Waals surface area (Å²) < 4.78 is 7.42. The molecule has 1 aliphatic heterocycles. The maximum absolute atomic E-state index is 13.0. The zero-order valence-corrected chi connectivity index (χ0v) is 15.8. The summed E-state index contributed by atoms with van der Waals surface area (Å²) >= 11 is 6.46. The van der Waals surface area contributed by atoms with Crippen LogP contribution in [-0.2, 0) is 0 Å². The predicted molar refractivity (Wildman–Crippen MR) is 102 cm³/mol. The van der Waals surface area contributed by atoms with Crippen molar-refractivity contribution in [2.45, 2.75) is 12.8 Å². The third-order valence-corrected chi connectivity index (χ3v) is 5.56. The molecular formula is C20H24ClN3O2. The molecule has 1 saturated carbocycles. The first-order chi connectivity index (χ1) is 12.7. The molecule has 1 aromatic heterocycles. The average Bonchev–Trinajstić information content (AvgIpc) is 3.31. The summed E-state index contributed by atoms with van der Waals surface area (Å²) in [5.41, 5.74) is 1.34. The van der Waals surface area contributed by atoms with Crippen molar-refractivity contribution in [3.63, 3.8) is 0 Å². The van der Waals surface area contributed by atoms with Crippen molar-refractivity contribution in [1.29, 1.82) is 0 Å². The summed E-state index contributed by atoms with van der Waals surface area (Å²) in [6.45, 7) is 4.58. The van der Waals surface area contributed by atoms with Gasteiger partial charge in [0.15, 0.2) is 0 Å². The van der Waals surface area contributed by atoms with E-state index in [9.17, 15) is 4.79 Å². The Kier molecular flexibility index (Phi) is 4.92. The second-order valence-corrected chi connectivity index (χ2v) is 7.54. The standard InChI is InChI=1S/C20H24ClN3O2/c1-26-19-13-18(23-6-2-3-7-23)17(21)12-16(19)20(25)24-10-8-22(9-11-24)14-15-4-5-15/h2-3,6-7,12-13,15H,4-5,8-11,14H2,1H3. The normalized spacial score (nSPS) is 18.2. The summed E-state index contributed by atoms with van der Waals surface area (Å²) in [5, 5.41) is 0.540. The van der Waals surface area contributed by atoms with Gasteiger partial charge in [0.2, 0.25) is 0 Å². The molecule has 0 bridgehead atoms. The summed E-state index contributed by atoms with van der Waals surface area (Å²) in [7, 11) is 1.59. The SMILES string of the molecule is COc1cc(-n2cccc2)c(Cl)cc1C(=O)N1CCN(CC2CC2)CC1. The monoisotopic (exact) mass is 373 g/mol. The third-order valence-electron chi connectivity index (χ3n) is 5.25. The molecule has 2 heterocycles. The predicted octanol–water partition coefficient (Wildman–Crippen LogP) is 3.31. The minimum Gasteiger partial charge on any atom is -0.496 e. The number of nitrogens with zero attached hydrogens (tertiary/aromatic N) is 3. The van der Waals surface area contributed by atoms with Gasteiger partial charge in [-0.05, 0) is 37.0 Å². The van der Waals surface area contributed by atoms with Crippen LogP contribution in [0.1, 0.15) is 23.2 Å². The van der Waals surface area contributed by atoms with E-state index in [1.165, 1.54) is 19.4 Å². The van der Waals surface area contributed by atoms with E-state index in [1.807, 2.05) is 40.1 Å². The fraction of sp³-hybridized carbons (Fsp3) is 0.450. The van der Waals surface area contributed by atoms with Gasteiger partial charge in [0, 0.05) is 51.2 Å². The van der Waals surface area contributed by atoms with E-state index in [4.69, 9.17) is 16.3 Å². The molecule has 2 aliphatic rings. The minimum absolute atomic E-state index is 0.00567. The molecule has 1 aromatic carbocycles. The quantitative estimate of drug-likeness (QED) is 0.807. The Morgan fingerprint density at radius 2 is 1.85 bits per heavy atom. The molecule has 0 unspecified atom stereocenters. The Morgan fingerprint density at radius 3 is 2.46 bits per heavy atom. The summed E-state index contributed by atoms with van der Waals surface area (Å²) in [6.07, 6.45) is 6.56. The topological polar surface area (TPSA) is 37.7 Å². The van der Waals surface area contributed by atoms with E-state index in [-0.39, 0.29) is 5.91 Å². The van der Waals surface area contributed by atoms with Crippen LogP contribution >= 0.6 is 11.6 Å². The fourth-order valence-electron chi connectivity index (χ4n) is 3.54. The molecule has 2 fully saturated rings. The van der Waals surface area contributed by atoms with Crippen LogP contribution in [0.25, 0.3) is 5.69 Å². The van der Waals surface area contributed by atoms with Gasteiger partial charge >= 0.3 is 0 Å². The average molecular weight is 374 g/mol. The molecule has 1 aliphatic carbocycles. The van der Waals surface area contributed by atoms with Crippen molar-refractivity contribution in [2.75, 3.05) is 39.8 Å². The van der Waals surface area contributed by atoms with Crippen LogP contribution in [0, 0.1) is 5.92 Å². The van der Waals surface area contributed by atoms with Gasteiger partial charge in [0.1, 0.15) is 5.75 Å². The first kappa shape index (κ1) is 17.4. The molecule has 2 aromatic rings. The zero-order valence-electron chi connectivity index (χ0n) is 15.0. The molecule has 0 N–H and O–H groups in total. The lowest BCUT2D eigenvalue weighted by molar-refractivity contribution is 0.0629. The molecule has 0 spiro atoms. The van der Waals surface area contributed by atoms with Gasteiger partial charge in [0.05, 0.1) is 23.4 Å². The van der Waals surface area contributed by atoms with Crippen LogP contribution in [0.2, 0.25) is 5.02 Å². The molecule has 4 rings (SSSR count). The van der Waals surface area contributed by atoms with Crippen LogP contribution in [0.5, 0.6) is 5.75 Å². The van der Waals surface area contributed by atoms with Crippen LogP contribution in [-0.4, -0.2) is 60.1 Å². The van der Waals surface area contributed by atoms with Crippen LogP contribution in [0.4, 0.5) is 0 Å². The highest BCUT2D eigenvalue weighted by Gasteiger charge is 2.29. The van der Waals surface area contributed by atoms with E-state index in [1.54, 1.807) is 13.2 Å². The second kappa shape index (κ2) is 7.33. The first-order valence-corrected chi connectivity index (χ1v) is 9.56. The highest BCUT2D eigenvalue weighted by atomic mass is 35.5. The largest absolute Gasteiger partial charge is 0.496 e. The number of piperazine rings is 1. The number of hydrogen-bond donors (Lipinski definition) is 0. The van der Waals surface area contributed by atoms with Gasteiger partial charge < -0.3 is 14.2 Å². The van der Waals surface area contributed by atoms with Crippen molar-refractivity contribution in [1.82, 2.24) is 14.4 Å². The lowest BCUT2D eigenvalue weighted by atomic mass is 10.1. The Balaban J connectivity index is 1.51. The minimum atomic E-state index is -0.00567. The lowest BCUT2D eigenvalue weighted by Crippen LogP contribution is -2.49. The maximum atomic E-state index is 13.0. The Morgan fingerprint density at radius 1 is 1.15 bits per heavy atom. The molecule has 6 heteroatoms. The van der Waals surface area contributed by atoms with E-state index < -0.39 is 0 Å². The Labute approximate surface area is 159 Å². The summed E-state index contributed by atoms with van der Waals surface area (Å²) in [6, 6.07) is 7.43. The second-order valence-electron chi connectivity index (χ2n) is 7.13. The number of hydrogen-bond acceptors (Lipinski definition) is 3. The first-order valence-electron chi connectivity index (χ1n) is 9.18. The molecule has 138 valence electrons. The van der Waals surface area contributed by atoms with Crippen molar-refractivity contribution in [3.8, 4) is 11.4 Å². The van der Waals surface area contributed by atoms with Crippen molar-refractivity contribution < 1.29 is 9.53 Å². The number of rotatable bonds is 5. The number of carbonyl (C=O) groups is 1. The number of carbonyl (C=O) groups excluding carboxylic acids is 1. The fourth-order valence-corrected chi connectivity index (χ4v) is 3.80. The van der Waals surface area contributed by atoms with E-state index >= 15 is 0 Å². The van der Waals surface area contributed by atoms with E-state index in [0.29, 0.717) is 16.3 Å². The molecular weight excluding hydrogens is 350 g/mol. The van der Waals surface area contributed by atoms with E-state index in [0.717, 1.165) is 37.8 Å². The van der Waals surface area contributed by atoms with Gasteiger partial charge in [-0.3, -0.25) is 9.69 Å². The summed E-state index contributed by atoms with van der Waals surface area (Å²) in [5.74, 6) is 1.44. The van der Waals surface area contributed by atoms with Gasteiger partial charge in [-0.15, -0.1) is 0 Å². The smallest absolute Gasteiger partial charge is 0.257 e. The molecule has 1 amide bonds. The van der Waals surface area contributed by atoms with Gasteiger partial charge in [0.25, 0.3) is 5.91 Å². The summed E-state index contributed by atoms with van der Waals surface area (Å²) in [4.78, 5) is 17.4. The number of ether oxygens (including phenoxy) is 1. The Hall–Kier alpha value is -1.98. The number of benzene rings is 1. The molecule has 0 atom stereocenters. The van der Waals surface area contributed by atoms with Crippen LogP contribution in [0.15, 0.2) is 36.7 Å².